The summed E-state index contributed by atoms with van der Waals surface area (Å²) in [6.07, 6.45) is 3.40. The summed E-state index contributed by atoms with van der Waals surface area (Å²) in [5.41, 5.74) is 1.09. The van der Waals surface area contributed by atoms with Crippen molar-refractivity contribution < 1.29 is 9.84 Å². The zero-order chi connectivity index (χ0) is 17.7. The molecule has 0 amide bonds. The molecular formula is C19H26N4O2. The Morgan fingerprint density at radius 3 is 2.72 bits per heavy atom. The predicted octanol–water partition coefficient (Wildman–Crippen LogP) is 1.79. The summed E-state index contributed by atoms with van der Waals surface area (Å²) in [5, 5.41) is 16.1. The largest absolute Gasteiger partial charge is 0.490 e. The number of ether oxygens (including phenoxy) is 1. The second-order valence-corrected chi connectivity index (χ2v) is 5.47. The summed E-state index contributed by atoms with van der Waals surface area (Å²) in [6, 6.07) is 13.7. The Kier molecular flexibility index (Phi) is 8.27. The van der Waals surface area contributed by atoms with E-state index in [1.165, 1.54) is 0 Å². The zero-order valence-corrected chi connectivity index (χ0v) is 14.6. The average molecular weight is 342 g/mol. The van der Waals surface area contributed by atoms with Crippen LogP contribution in [-0.4, -0.2) is 48.9 Å². The number of pyridine rings is 1. The van der Waals surface area contributed by atoms with Crippen LogP contribution in [0.25, 0.3) is 0 Å². The van der Waals surface area contributed by atoms with Gasteiger partial charge in [0, 0.05) is 18.7 Å². The highest BCUT2D eigenvalue weighted by molar-refractivity contribution is 5.79. The molecule has 0 aliphatic rings. The molecule has 0 fully saturated rings. The van der Waals surface area contributed by atoms with E-state index < -0.39 is 0 Å². The van der Waals surface area contributed by atoms with Crippen molar-refractivity contribution in [2.24, 2.45) is 4.99 Å². The normalized spacial score (nSPS) is 12.5. The Morgan fingerprint density at radius 2 is 2.04 bits per heavy atom. The molecule has 134 valence electrons. The van der Waals surface area contributed by atoms with Crippen molar-refractivity contribution in [2.45, 2.75) is 12.8 Å². The summed E-state index contributed by atoms with van der Waals surface area (Å²) < 4.78 is 5.60. The SMILES string of the molecule is CCNC(=NCC(CO)c1ccccc1)NCCOc1cccnc1. The van der Waals surface area contributed by atoms with Gasteiger partial charge in [0.2, 0.25) is 0 Å². The van der Waals surface area contributed by atoms with E-state index in [-0.39, 0.29) is 12.5 Å². The maximum absolute atomic E-state index is 9.63. The quantitative estimate of drug-likeness (QED) is 0.368. The highest BCUT2D eigenvalue weighted by Gasteiger charge is 2.09. The Morgan fingerprint density at radius 1 is 1.20 bits per heavy atom. The number of benzene rings is 1. The highest BCUT2D eigenvalue weighted by Crippen LogP contribution is 2.14. The summed E-state index contributed by atoms with van der Waals surface area (Å²) in [4.78, 5) is 8.58. The lowest BCUT2D eigenvalue weighted by Gasteiger charge is -2.15. The van der Waals surface area contributed by atoms with E-state index in [9.17, 15) is 5.11 Å². The minimum Gasteiger partial charge on any atom is -0.490 e. The number of hydrogen-bond acceptors (Lipinski definition) is 4. The van der Waals surface area contributed by atoms with E-state index in [4.69, 9.17) is 4.74 Å². The van der Waals surface area contributed by atoms with E-state index in [1.807, 2.05) is 49.4 Å². The van der Waals surface area contributed by atoms with Crippen LogP contribution in [0.2, 0.25) is 0 Å². The van der Waals surface area contributed by atoms with Crippen molar-refractivity contribution in [2.75, 3.05) is 32.8 Å². The van der Waals surface area contributed by atoms with Gasteiger partial charge in [-0.2, -0.15) is 0 Å². The molecule has 0 saturated heterocycles. The lowest BCUT2D eigenvalue weighted by atomic mass is 10.0. The first-order chi connectivity index (χ1) is 12.3. The Hall–Kier alpha value is -2.60. The highest BCUT2D eigenvalue weighted by atomic mass is 16.5. The molecule has 1 aromatic heterocycles. The lowest BCUT2D eigenvalue weighted by molar-refractivity contribution is 0.268. The van der Waals surface area contributed by atoms with Gasteiger partial charge in [0.1, 0.15) is 12.4 Å². The molecule has 6 nitrogen and oxygen atoms in total. The van der Waals surface area contributed by atoms with Crippen molar-refractivity contribution in [1.29, 1.82) is 0 Å². The van der Waals surface area contributed by atoms with Gasteiger partial charge in [0.05, 0.1) is 25.9 Å². The second kappa shape index (κ2) is 11.0. The molecule has 0 aliphatic carbocycles. The zero-order valence-electron chi connectivity index (χ0n) is 14.6. The maximum Gasteiger partial charge on any atom is 0.191 e. The molecule has 1 heterocycles. The number of rotatable bonds is 9. The van der Waals surface area contributed by atoms with Crippen molar-refractivity contribution in [3.8, 4) is 5.75 Å². The average Bonchev–Trinajstić information content (AvgIpc) is 2.67. The molecule has 0 spiro atoms. The fraction of sp³-hybridized carbons (Fsp3) is 0.368. The van der Waals surface area contributed by atoms with Crippen molar-refractivity contribution in [3.05, 3.63) is 60.4 Å². The molecule has 0 radical (unpaired) electrons. The van der Waals surface area contributed by atoms with Crippen molar-refractivity contribution in [1.82, 2.24) is 15.6 Å². The van der Waals surface area contributed by atoms with Crippen LogP contribution in [0.15, 0.2) is 59.9 Å². The van der Waals surface area contributed by atoms with Crippen LogP contribution in [0.1, 0.15) is 18.4 Å². The van der Waals surface area contributed by atoms with Crippen LogP contribution in [0.3, 0.4) is 0 Å². The Labute approximate surface area is 149 Å². The molecule has 1 aromatic carbocycles. The smallest absolute Gasteiger partial charge is 0.191 e. The minimum absolute atomic E-state index is 0.0108. The van der Waals surface area contributed by atoms with Crippen LogP contribution in [0, 0.1) is 0 Å². The number of guanidine groups is 1. The number of aliphatic imine (C=N–C) groups is 1. The monoisotopic (exact) mass is 342 g/mol. The van der Waals surface area contributed by atoms with Crippen LogP contribution in [-0.2, 0) is 0 Å². The van der Waals surface area contributed by atoms with Gasteiger partial charge in [-0.15, -0.1) is 0 Å². The van der Waals surface area contributed by atoms with Gasteiger partial charge < -0.3 is 20.5 Å². The number of aromatic nitrogens is 1. The third kappa shape index (κ3) is 6.81. The van der Waals surface area contributed by atoms with E-state index in [1.54, 1.807) is 12.4 Å². The molecule has 0 saturated carbocycles. The van der Waals surface area contributed by atoms with Gasteiger partial charge in [0.15, 0.2) is 5.96 Å². The second-order valence-electron chi connectivity index (χ2n) is 5.47. The molecule has 6 heteroatoms. The molecule has 3 N–H and O–H groups in total. The third-order valence-electron chi connectivity index (χ3n) is 3.60. The lowest BCUT2D eigenvalue weighted by Crippen LogP contribution is -2.39. The summed E-state index contributed by atoms with van der Waals surface area (Å²) in [7, 11) is 0. The van der Waals surface area contributed by atoms with Gasteiger partial charge in [0.25, 0.3) is 0 Å². The first-order valence-electron chi connectivity index (χ1n) is 8.54. The minimum atomic E-state index is -0.0108. The summed E-state index contributed by atoms with van der Waals surface area (Å²) in [6.45, 7) is 4.50. The molecule has 2 aromatic rings. The van der Waals surface area contributed by atoms with Crippen LogP contribution in [0.4, 0.5) is 0 Å². The maximum atomic E-state index is 9.63. The predicted molar refractivity (Wildman–Crippen MR) is 100.0 cm³/mol. The van der Waals surface area contributed by atoms with Crippen LogP contribution in [0.5, 0.6) is 5.75 Å². The van der Waals surface area contributed by atoms with Gasteiger partial charge in [-0.25, -0.2) is 0 Å². The Balaban J connectivity index is 1.82. The Bertz CT molecular complexity index is 620. The first kappa shape index (κ1) is 18.7. The van der Waals surface area contributed by atoms with E-state index in [0.717, 1.165) is 17.9 Å². The standard InChI is InChI=1S/C19H26N4O2/c1-2-21-19(22-11-12-25-18-9-6-10-20-14-18)23-13-17(15-24)16-7-4-3-5-8-16/h3-10,14,17,24H,2,11-13,15H2,1H3,(H2,21,22,23). The fourth-order valence-corrected chi connectivity index (χ4v) is 2.31. The number of hydrogen-bond donors (Lipinski definition) is 3. The van der Waals surface area contributed by atoms with Crippen molar-refractivity contribution >= 4 is 5.96 Å². The van der Waals surface area contributed by atoms with Crippen LogP contribution < -0.4 is 15.4 Å². The third-order valence-corrected chi connectivity index (χ3v) is 3.60. The van der Waals surface area contributed by atoms with Crippen molar-refractivity contribution in [3.63, 3.8) is 0 Å². The summed E-state index contributed by atoms with van der Waals surface area (Å²) >= 11 is 0. The molecular weight excluding hydrogens is 316 g/mol. The molecule has 1 atom stereocenters. The molecule has 0 aliphatic heterocycles. The van der Waals surface area contributed by atoms with E-state index in [2.05, 4.69) is 20.6 Å². The van der Waals surface area contributed by atoms with Gasteiger partial charge >= 0.3 is 0 Å². The van der Waals surface area contributed by atoms with E-state index in [0.29, 0.717) is 25.7 Å². The van der Waals surface area contributed by atoms with Gasteiger partial charge in [-0.05, 0) is 24.6 Å². The number of nitrogens with zero attached hydrogens (tertiary/aromatic N) is 2. The van der Waals surface area contributed by atoms with Gasteiger partial charge in [-0.1, -0.05) is 30.3 Å². The molecule has 25 heavy (non-hydrogen) atoms. The van der Waals surface area contributed by atoms with Gasteiger partial charge in [-0.3, -0.25) is 9.98 Å². The summed E-state index contributed by atoms with van der Waals surface area (Å²) in [5.74, 6) is 1.45. The molecule has 2 rings (SSSR count). The fourth-order valence-electron chi connectivity index (χ4n) is 2.31. The number of aliphatic hydroxyl groups excluding tert-OH is 1. The molecule has 0 bridgehead atoms. The number of aliphatic hydroxyl groups is 1. The number of nitrogens with one attached hydrogen (secondary N) is 2. The van der Waals surface area contributed by atoms with Crippen LogP contribution >= 0.6 is 0 Å². The topological polar surface area (TPSA) is 78.8 Å². The van der Waals surface area contributed by atoms with E-state index >= 15 is 0 Å². The first-order valence-corrected chi connectivity index (χ1v) is 8.54. The molecule has 1 unspecified atom stereocenters.